The molecule has 3 aromatic rings. The minimum Gasteiger partial charge on any atom is -0.485 e. The molecule has 156 valence electrons. The van der Waals surface area contributed by atoms with Crippen molar-refractivity contribution >= 4 is 33.5 Å². The number of nitrogens with one attached hydrogen (secondary N) is 1. The summed E-state index contributed by atoms with van der Waals surface area (Å²) in [5, 5.41) is 3.11. The number of hydrogen-bond donors (Lipinski definition) is 1. The van der Waals surface area contributed by atoms with Crippen molar-refractivity contribution in [2.24, 2.45) is 0 Å². The van der Waals surface area contributed by atoms with Crippen LogP contribution in [0.4, 0.5) is 15.1 Å². The average Bonchev–Trinajstić information content (AvgIpc) is 3.21. The first-order valence-electron chi connectivity index (χ1n) is 9.92. The largest absolute Gasteiger partial charge is 0.485 e. The minimum absolute atomic E-state index is 0.000854. The van der Waals surface area contributed by atoms with Gasteiger partial charge in [-0.2, -0.15) is 0 Å². The normalized spacial score (nSPS) is 17.8. The predicted octanol–water partition coefficient (Wildman–Crippen LogP) is 2.67. The number of ether oxygens (including phenoxy) is 1. The molecular weight excluding hydrogens is 407 g/mol. The van der Waals surface area contributed by atoms with E-state index in [0.29, 0.717) is 19.0 Å². The summed E-state index contributed by atoms with van der Waals surface area (Å²) in [4.78, 5) is 28.7. The highest BCUT2D eigenvalue weighted by Crippen LogP contribution is 2.30. The lowest BCUT2D eigenvalue weighted by Gasteiger charge is -2.40. The second kappa shape index (κ2) is 8.02. The quantitative estimate of drug-likeness (QED) is 0.688. The number of halogens is 1. The Hall–Kier alpha value is -3.01. The topological polar surface area (TPSA) is 83.5 Å². The van der Waals surface area contributed by atoms with Gasteiger partial charge in [0.05, 0.1) is 41.2 Å². The number of urea groups is 1. The SMILES string of the molecule is O=C(NC1CCN(c2ncc(F)cn2)CC1)N1CC(Oc2cccc3ncsc23)C1. The first-order chi connectivity index (χ1) is 14.7. The van der Waals surface area contributed by atoms with E-state index in [9.17, 15) is 9.18 Å². The first kappa shape index (κ1) is 19.0. The number of amides is 2. The average molecular weight is 428 g/mol. The standard InChI is InChI=1S/C20H21FN6O2S/c21-13-8-22-19(23-9-13)26-6-4-14(5-7-26)25-20(28)27-10-15(11-27)29-17-3-1-2-16-18(17)30-12-24-16/h1-3,8-9,12,14-15H,4-7,10-11H2,(H,25,28). The molecule has 1 aromatic carbocycles. The maximum atomic E-state index is 13.0. The molecule has 2 aromatic heterocycles. The number of anilines is 1. The van der Waals surface area contributed by atoms with E-state index in [-0.39, 0.29) is 18.2 Å². The molecule has 4 heterocycles. The Kier molecular flexibility index (Phi) is 5.07. The highest BCUT2D eigenvalue weighted by atomic mass is 32.1. The number of carbonyl (C=O) groups is 1. The van der Waals surface area contributed by atoms with Crippen molar-refractivity contribution < 1.29 is 13.9 Å². The minimum atomic E-state index is -0.443. The first-order valence-corrected chi connectivity index (χ1v) is 10.8. The fourth-order valence-electron chi connectivity index (χ4n) is 3.77. The number of piperidine rings is 1. The Labute approximate surface area is 176 Å². The van der Waals surface area contributed by atoms with Crippen LogP contribution in [0, 0.1) is 5.82 Å². The van der Waals surface area contributed by atoms with Crippen molar-refractivity contribution in [3.8, 4) is 5.75 Å². The van der Waals surface area contributed by atoms with Crippen LogP contribution < -0.4 is 15.0 Å². The second-order valence-electron chi connectivity index (χ2n) is 7.51. The van der Waals surface area contributed by atoms with Crippen LogP contribution in [-0.4, -0.2) is 64.2 Å². The third-order valence-electron chi connectivity index (χ3n) is 5.46. The number of likely N-dealkylation sites (tertiary alicyclic amines) is 1. The van der Waals surface area contributed by atoms with Crippen molar-refractivity contribution in [3.05, 3.63) is 41.9 Å². The monoisotopic (exact) mass is 428 g/mol. The predicted molar refractivity (Wildman–Crippen MR) is 111 cm³/mol. The fraction of sp³-hybridized carbons (Fsp3) is 0.400. The summed E-state index contributed by atoms with van der Waals surface area (Å²) in [5.41, 5.74) is 2.75. The third-order valence-corrected chi connectivity index (χ3v) is 6.32. The molecule has 2 aliphatic rings. The van der Waals surface area contributed by atoms with Crippen molar-refractivity contribution in [2.75, 3.05) is 31.1 Å². The molecule has 30 heavy (non-hydrogen) atoms. The summed E-state index contributed by atoms with van der Waals surface area (Å²) >= 11 is 1.56. The maximum absolute atomic E-state index is 13.0. The number of rotatable bonds is 4. The molecule has 2 fully saturated rings. The Morgan fingerprint density at radius 1 is 1.17 bits per heavy atom. The molecule has 0 atom stereocenters. The van der Waals surface area contributed by atoms with Gasteiger partial charge in [-0.15, -0.1) is 11.3 Å². The van der Waals surface area contributed by atoms with Crippen LogP contribution in [0.1, 0.15) is 12.8 Å². The van der Waals surface area contributed by atoms with E-state index in [1.807, 2.05) is 28.6 Å². The van der Waals surface area contributed by atoms with E-state index in [1.165, 1.54) is 12.4 Å². The van der Waals surface area contributed by atoms with Crippen LogP contribution in [0.2, 0.25) is 0 Å². The van der Waals surface area contributed by atoms with Crippen LogP contribution in [0.15, 0.2) is 36.1 Å². The van der Waals surface area contributed by atoms with Crippen molar-refractivity contribution in [1.82, 2.24) is 25.2 Å². The van der Waals surface area contributed by atoms with Gasteiger partial charge >= 0.3 is 6.03 Å². The summed E-state index contributed by atoms with van der Waals surface area (Å²) < 4.78 is 20.1. The van der Waals surface area contributed by atoms with Crippen LogP contribution in [0.25, 0.3) is 10.2 Å². The van der Waals surface area contributed by atoms with Gasteiger partial charge in [0, 0.05) is 19.1 Å². The van der Waals surface area contributed by atoms with Gasteiger partial charge < -0.3 is 19.9 Å². The molecule has 0 radical (unpaired) electrons. The number of carbonyl (C=O) groups excluding carboxylic acids is 1. The highest BCUT2D eigenvalue weighted by molar-refractivity contribution is 7.17. The maximum Gasteiger partial charge on any atom is 0.317 e. The Morgan fingerprint density at radius 3 is 2.70 bits per heavy atom. The van der Waals surface area contributed by atoms with Crippen LogP contribution >= 0.6 is 11.3 Å². The van der Waals surface area contributed by atoms with E-state index < -0.39 is 5.82 Å². The molecule has 0 bridgehead atoms. The molecule has 1 N–H and O–H groups in total. The summed E-state index contributed by atoms with van der Waals surface area (Å²) in [6.45, 7) is 2.59. The van der Waals surface area contributed by atoms with Gasteiger partial charge in [-0.1, -0.05) is 6.07 Å². The number of nitrogens with zero attached hydrogens (tertiary/aromatic N) is 5. The van der Waals surface area contributed by atoms with Gasteiger partial charge in [-0.3, -0.25) is 0 Å². The lowest BCUT2D eigenvalue weighted by Crippen LogP contribution is -2.60. The molecule has 0 unspecified atom stereocenters. The molecule has 10 heteroatoms. The van der Waals surface area contributed by atoms with Crippen LogP contribution in [0.5, 0.6) is 5.75 Å². The molecule has 0 spiro atoms. The summed E-state index contributed by atoms with van der Waals surface area (Å²) in [5.74, 6) is 0.914. The number of thiazole rings is 1. The number of hydrogen-bond acceptors (Lipinski definition) is 7. The summed E-state index contributed by atoms with van der Waals surface area (Å²) in [7, 11) is 0. The van der Waals surface area contributed by atoms with Crippen molar-refractivity contribution in [3.63, 3.8) is 0 Å². The van der Waals surface area contributed by atoms with Gasteiger partial charge in [-0.25, -0.2) is 24.1 Å². The number of aromatic nitrogens is 3. The zero-order chi connectivity index (χ0) is 20.5. The molecular formula is C20H21FN6O2S. The molecule has 5 rings (SSSR count). The lowest BCUT2D eigenvalue weighted by molar-refractivity contribution is 0.0442. The number of benzene rings is 1. The van der Waals surface area contributed by atoms with Crippen LogP contribution in [-0.2, 0) is 0 Å². The Balaban J connectivity index is 1.08. The van der Waals surface area contributed by atoms with E-state index in [4.69, 9.17) is 4.74 Å². The number of fused-ring (bicyclic) bond motifs is 1. The van der Waals surface area contributed by atoms with Gasteiger partial charge in [-0.05, 0) is 25.0 Å². The van der Waals surface area contributed by atoms with Gasteiger partial charge in [0.2, 0.25) is 5.95 Å². The van der Waals surface area contributed by atoms with E-state index in [0.717, 1.165) is 41.9 Å². The lowest BCUT2D eigenvalue weighted by atomic mass is 10.1. The summed E-state index contributed by atoms with van der Waals surface area (Å²) in [6.07, 6.45) is 3.95. The Bertz CT molecular complexity index is 1030. The van der Waals surface area contributed by atoms with E-state index >= 15 is 0 Å². The fourth-order valence-corrected chi connectivity index (χ4v) is 4.52. The zero-order valence-corrected chi connectivity index (χ0v) is 17.0. The molecule has 2 aliphatic heterocycles. The van der Waals surface area contributed by atoms with Crippen molar-refractivity contribution in [2.45, 2.75) is 25.0 Å². The highest BCUT2D eigenvalue weighted by Gasteiger charge is 2.34. The smallest absolute Gasteiger partial charge is 0.317 e. The second-order valence-corrected chi connectivity index (χ2v) is 8.37. The third kappa shape index (κ3) is 3.87. The van der Waals surface area contributed by atoms with E-state index in [2.05, 4.69) is 20.3 Å². The van der Waals surface area contributed by atoms with E-state index in [1.54, 1.807) is 16.2 Å². The van der Waals surface area contributed by atoms with Crippen LogP contribution in [0.3, 0.4) is 0 Å². The molecule has 2 amide bonds. The molecule has 2 saturated heterocycles. The Morgan fingerprint density at radius 2 is 1.93 bits per heavy atom. The van der Waals surface area contributed by atoms with Gasteiger partial charge in [0.1, 0.15) is 11.9 Å². The molecule has 0 saturated carbocycles. The van der Waals surface area contributed by atoms with Gasteiger partial charge in [0.25, 0.3) is 0 Å². The molecule has 0 aliphatic carbocycles. The van der Waals surface area contributed by atoms with Gasteiger partial charge in [0.15, 0.2) is 5.82 Å². The summed E-state index contributed by atoms with van der Waals surface area (Å²) in [6, 6.07) is 5.90. The molecule has 8 nitrogen and oxygen atoms in total. The van der Waals surface area contributed by atoms with Crippen molar-refractivity contribution in [1.29, 1.82) is 0 Å². The zero-order valence-electron chi connectivity index (χ0n) is 16.2.